The minimum absolute atomic E-state index is 0.0356. The van der Waals surface area contributed by atoms with Gasteiger partial charge in [0, 0.05) is 24.5 Å². The number of amides is 1. The maximum absolute atomic E-state index is 13.9. The topological polar surface area (TPSA) is 78.2 Å². The van der Waals surface area contributed by atoms with Gasteiger partial charge in [-0.1, -0.05) is 23.4 Å². The number of carbonyl (C=O) groups excluding carboxylic acids is 1. The van der Waals surface area contributed by atoms with Gasteiger partial charge < -0.3 is 14.6 Å². The van der Waals surface area contributed by atoms with Crippen LogP contribution in [0.1, 0.15) is 0 Å². The first kappa shape index (κ1) is 21.2. The summed E-state index contributed by atoms with van der Waals surface area (Å²) in [6.07, 6.45) is 0. The molecule has 10 heteroatoms. The number of benzene rings is 2. The summed E-state index contributed by atoms with van der Waals surface area (Å²) in [7, 11) is 4.98. The predicted molar refractivity (Wildman–Crippen MR) is 121 cm³/mol. The molecule has 0 aliphatic heterocycles. The van der Waals surface area contributed by atoms with Gasteiger partial charge in [-0.25, -0.2) is 9.37 Å². The van der Waals surface area contributed by atoms with Gasteiger partial charge in [-0.3, -0.25) is 14.2 Å². The maximum Gasteiger partial charge on any atom is 0.278 e. The molecular weight excluding hydrogens is 443 g/mol. The first-order chi connectivity index (χ1) is 14.8. The van der Waals surface area contributed by atoms with Gasteiger partial charge >= 0.3 is 0 Å². The Morgan fingerprint density at radius 2 is 2.00 bits per heavy atom. The molecule has 0 aliphatic rings. The summed E-state index contributed by atoms with van der Waals surface area (Å²) in [5, 5.41) is 3.89. The number of anilines is 1. The van der Waals surface area contributed by atoms with Crippen molar-refractivity contribution in [1.29, 1.82) is 0 Å². The summed E-state index contributed by atoms with van der Waals surface area (Å²) in [6, 6.07) is 9.52. The van der Waals surface area contributed by atoms with Gasteiger partial charge in [0.2, 0.25) is 5.91 Å². The lowest BCUT2D eigenvalue weighted by Gasteiger charge is -2.09. The molecule has 2 aromatic carbocycles. The van der Waals surface area contributed by atoms with Crippen LogP contribution in [0.15, 0.2) is 46.3 Å². The average molecular weight is 461 g/mol. The van der Waals surface area contributed by atoms with Gasteiger partial charge in [0.25, 0.3) is 5.56 Å². The van der Waals surface area contributed by atoms with Crippen molar-refractivity contribution in [2.75, 3.05) is 18.2 Å². The van der Waals surface area contributed by atoms with E-state index in [2.05, 4.69) is 10.3 Å². The van der Waals surface area contributed by atoms with Gasteiger partial charge in [-0.2, -0.15) is 0 Å². The molecule has 0 saturated heterocycles. The zero-order valence-electron chi connectivity index (χ0n) is 16.9. The second-order valence-electron chi connectivity index (χ2n) is 6.86. The van der Waals surface area contributed by atoms with Crippen molar-refractivity contribution in [1.82, 2.24) is 14.1 Å². The molecule has 7 nitrogen and oxygen atoms in total. The van der Waals surface area contributed by atoms with E-state index in [0.717, 1.165) is 28.7 Å². The molecule has 0 radical (unpaired) electrons. The zero-order valence-corrected chi connectivity index (χ0v) is 18.5. The van der Waals surface area contributed by atoms with Crippen LogP contribution in [0, 0.1) is 5.82 Å². The third-order valence-electron chi connectivity index (χ3n) is 4.92. The number of aryl methyl sites for hydroxylation is 1. The van der Waals surface area contributed by atoms with Crippen molar-refractivity contribution in [2.24, 2.45) is 14.1 Å². The smallest absolute Gasteiger partial charge is 0.278 e. The third-order valence-corrected chi connectivity index (χ3v) is 6.18. The second kappa shape index (κ2) is 8.24. The number of hydrogen-bond acceptors (Lipinski definition) is 5. The van der Waals surface area contributed by atoms with Gasteiger partial charge in [0.05, 0.1) is 24.1 Å². The minimum Gasteiger partial charge on any atom is -0.497 e. The fraction of sp³-hybridized carbons (Fsp3) is 0.190. The van der Waals surface area contributed by atoms with Crippen molar-refractivity contribution in [3.05, 3.63) is 57.6 Å². The van der Waals surface area contributed by atoms with Crippen LogP contribution in [0.2, 0.25) is 5.02 Å². The highest BCUT2D eigenvalue weighted by molar-refractivity contribution is 7.99. The summed E-state index contributed by atoms with van der Waals surface area (Å²) >= 11 is 6.82. The Hall–Kier alpha value is -3.04. The van der Waals surface area contributed by atoms with Crippen molar-refractivity contribution in [2.45, 2.75) is 5.16 Å². The molecule has 2 aromatic heterocycles. The van der Waals surface area contributed by atoms with E-state index in [0.29, 0.717) is 21.9 Å². The molecule has 1 N–H and O–H groups in total. The lowest BCUT2D eigenvalue weighted by Crippen LogP contribution is -2.22. The standard InChI is InChI=1S/C21H18ClFN4O3S/c1-26-16-7-5-12(30-3)9-13(16)18-19(26)20(29)27(2)21(25-18)31-10-17(28)24-15-6-4-11(22)8-14(15)23/h4-9H,10H2,1-3H3,(H,24,28). The highest BCUT2D eigenvalue weighted by Crippen LogP contribution is 2.29. The first-order valence-electron chi connectivity index (χ1n) is 9.21. The Morgan fingerprint density at radius 1 is 1.23 bits per heavy atom. The minimum atomic E-state index is -0.623. The fourth-order valence-corrected chi connectivity index (χ4v) is 4.27. The molecule has 4 aromatic rings. The van der Waals surface area contributed by atoms with E-state index < -0.39 is 11.7 Å². The molecule has 0 bridgehead atoms. The summed E-state index contributed by atoms with van der Waals surface area (Å²) in [5.74, 6) is -0.453. The number of thioether (sulfide) groups is 1. The molecule has 0 aliphatic carbocycles. The predicted octanol–water partition coefficient (Wildman–Crippen LogP) is 3.96. The normalized spacial score (nSPS) is 11.3. The number of ether oxygens (including phenoxy) is 1. The van der Waals surface area contributed by atoms with Crippen LogP contribution in [0.25, 0.3) is 21.9 Å². The van der Waals surface area contributed by atoms with Crippen LogP contribution in [0.5, 0.6) is 5.75 Å². The molecule has 0 atom stereocenters. The Bertz CT molecular complexity index is 1400. The number of fused-ring (bicyclic) bond motifs is 3. The molecule has 4 rings (SSSR count). The van der Waals surface area contributed by atoms with E-state index >= 15 is 0 Å². The summed E-state index contributed by atoms with van der Waals surface area (Å²) in [5.41, 5.74) is 1.65. The number of rotatable bonds is 5. The van der Waals surface area contributed by atoms with E-state index in [9.17, 15) is 14.0 Å². The van der Waals surface area contributed by atoms with Crippen molar-refractivity contribution in [3.8, 4) is 5.75 Å². The Balaban J connectivity index is 1.66. The van der Waals surface area contributed by atoms with Crippen molar-refractivity contribution in [3.63, 3.8) is 0 Å². The average Bonchev–Trinajstić information content (AvgIpc) is 3.03. The van der Waals surface area contributed by atoms with Gasteiger partial charge in [0.1, 0.15) is 22.6 Å². The van der Waals surface area contributed by atoms with Crippen LogP contribution in [0.3, 0.4) is 0 Å². The van der Waals surface area contributed by atoms with E-state index in [1.165, 1.54) is 16.7 Å². The monoisotopic (exact) mass is 460 g/mol. The molecule has 0 saturated carbocycles. The SMILES string of the molecule is COc1ccc2c(c1)c1nc(SCC(=O)Nc3ccc(Cl)cc3F)n(C)c(=O)c1n2C. The van der Waals surface area contributed by atoms with Gasteiger partial charge in [-0.05, 0) is 36.4 Å². The van der Waals surface area contributed by atoms with Crippen LogP contribution in [0.4, 0.5) is 10.1 Å². The Kier molecular flexibility index (Phi) is 5.63. The number of carbonyl (C=O) groups is 1. The Morgan fingerprint density at radius 3 is 2.71 bits per heavy atom. The van der Waals surface area contributed by atoms with Gasteiger partial charge in [0.15, 0.2) is 5.16 Å². The summed E-state index contributed by atoms with van der Waals surface area (Å²) in [4.78, 5) is 30.0. The molecule has 1 amide bonds. The molecule has 160 valence electrons. The summed E-state index contributed by atoms with van der Waals surface area (Å²) < 4.78 is 22.4. The number of halogens is 2. The molecule has 0 fully saturated rings. The largest absolute Gasteiger partial charge is 0.497 e. The first-order valence-corrected chi connectivity index (χ1v) is 10.6. The van der Waals surface area contributed by atoms with E-state index in [1.54, 1.807) is 25.8 Å². The molecule has 2 heterocycles. The summed E-state index contributed by atoms with van der Waals surface area (Å²) in [6.45, 7) is 0. The number of aromatic nitrogens is 3. The zero-order chi connectivity index (χ0) is 22.3. The van der Waals surface area contributed by atoms with Crippen molar-refractivity contribution >= 4 is 56.9 Å². The van der Waals surface area contributed by atoms with Crippen LogP contribution in [-0.2, 0) is 18.9 Å². The van der Waals surface area contributed by atoms with Crippen LogP contribution in [-0.4, -0.2) is 32.9 Å². The van der Waals surface area contributed by atoms with Crippen LogP contribution < -0.4 is 15.6 Å². The third kappa shape index (κ3) is 3.86. The number of nitrogens with zero attached hydrogens (tertiary/aromatic N) is 3. The van der Waals surface area contributed by atoms with E-state index in [1.807, 2.05) is 18.2 Å². The van der Waals surface area contributed by atoms with E-state index in [4.69, 9.17) is 16.3 Å². The van der Waals surface area contributed by atoms with E-state index in [-0.39, 0.29) is 22.0 Å². The second-order valence-corrected chi connectivity index (χ2v) is 8.24. The van der Waals surface area contributed by atoms with Crippen molar-refractivity contribution < 1.29 is 13.9 Å². The highest BCUT2D eigenvalue weighted by atomic mass is 35.5. The number of hydrogen-bond donors (Lipinski definition) is 1. The molecule has 0 spiro atoms. The lowest BCUT2D eigenvalue weighted by atomic mass is 10.2. The molecule has 31 heavy (non-hydrogen) atoms. The highest BCUT2D eigenvalue weighted by Gasteiger charge is 2.18. The fourth-order valence-electron chi connectivity index (χ4n) is 3.34. The quantitative estimate of drug-likeness (QED) is 0.360. The Labute approximate surface area is 185 Å². The lowest BCUT2D eigenvalue weighted by molar-refractivity contribution is -0.113. The number of nitrogens with one attached hydrogen (secondary N) is 1. The van der Waals surface area contributed by atoms with Crippen LogP contribution >= 0.6 is 23.4 Å². The molecule has 0 unspecified atom stereocenters. The maximum atomic E-state index is 13.9. The molecular formula is C21H18ClFN4O3S. The van der Waals surface area contributed by atoms with Gasteiger partial charge in [-0.15, -0.1) is 0 Å². The number of methoxy groups -OCH3 is 1.